The zero-order valence-corrected chi connectivity index (χ0v) is 15.5. The molecule has 0 radical (unpaired) electrons. The predicted molar refractivity (Wildman–Crippen MR) is 101 cm³/mol. The molecule has 3 rings (SSSR count). The summed E-state index contributed by atoms with van der Waals surface area (Å²) in [7, 11) is 0. The maximum absolute atomic E-state index is 13.2. The maximum Gasteiger partial charge on any atom is 0.245 e. The lowest BCUT2D eigenvalue weighted by Gasteiger charge is -2.33. The van der Waals surface area contributed by atoms with Gasteiger partial charge in [0.2, 0.25) is 11.8 Å². The quantitative estimate of drug-likeness (QED) is 0.737. The Kier molecular flexibility index (Phi) is 6.42. The van der Waals surface area contributed by atoms with Crippen molar-refractivity contribution in [2.75, 3.05) is 13.1 Å². The average molecular weight is 355 g/mol. The van der Waals surface area contributed by atoms with Crippen molar-refractivity contribution in [3.8, 4) is 0 Å². The second-order valence-electron chi connectivity index (χ2n) is 7.39. The minimum absolute atomic E-state index is 0.0374. The molecule has 2 heterocycles. The van der Waals surface area contributed by atoms with Crippen molar-refractivity contribution in [2.45, 2.75) is 57.5 Å². The van der Waals surface area contributed by atoms with Gasteiger partial charge < -0.3 is 9.80 Å². The lowest BCUT2D eigenvalue weighted by atomic mass is 9.88. The molecular weight excluding hydrogens is 326 g/mol. The highest BCUT2D eigenvalue weighted by Gasteiger charge is 2.38. The summed E-state index contributed by atoms with van der Waals surface area (Å²) in [5.74, 6) is 0.347. The molecule has 2 amide bonds. The second-order valence-corrected chi connectivity index (χ2v) is 7.39. The Labute approximate surface area is 156 Å². The number of amides is 2. The summed E-state index contributed by atoms with van der Waals surface area (Å²) in [5, 5.41) is 0. The van der Waals surface area contributed by atoms with Gasteiger partial charge in [-0.05, 0) is 37.3 Å². The van der Waals surface area contributed by atoms with Crippen LogP contribution in [-0.4, -0.2) is 45.7 Å². The summed E-state index contributed by atoms with van der Waals surface area (Å²) < 4.78 is 0. The normalized spacial score (nSPS) is 20.8. The fraction of sp³-hybridized carbons (Fsp3) is 0.571. The summed E-state index contributed by atoms with van der Waals surface area (Å²) >= 11 is 0. The standard InChI is InChI=1S/C21H29N3O2/c1-2-13-23(16-17-8-6-12-22-15-17)21(26)19-11-7-14-24(19)20(25)18-9-4-3-5-10-18/h2,6,8,12,15,18-19H,1,3-5,7,9-11,13-14,16H2/t19-/m1/s1. The number of carbonyl (C=O) groups excluding carboxylic acids is 2. The lowest BCUT2D eigenvalue weighted by Crippen LogP contribution is -2.49. The van der Waals surface area contributed by atoms with Crippen molar-refractivity contribution in [2.24, 2.45) is 5.92 Å². The van der Waals surface area contributed by atoms with Gasteiger partial charge >= 0.3 is 0 Å². The van der Waals surface area contributed by atoms with Gasteiger partial charge in [0, 0.05) is 37.9 Å². The van der Waals surface area contributed by atoms with Gasteiger partial charge in [-0.25, -0.2) is 0 Å². The Balaban J connectivity index is 1.70. The van der Waals surface area contributed by atoms with E-state index in [0.29, 0.717) is 19.6 Å². The highest BCUT2D eigenvalue weighted by molar-refractivity contribution is 5.89. The number of nitrogens with zero attached hydrogens (tertiary/aromatic N) is 3. The van der Waals surface area contributed by atoms with Crippen LogP contribution in [0.1, 0.15) is 50.5 Å². The van der Waals surface area contributed by atoms with E-state index in [1.807, 2.05) is 17.0 Å². The van der Waals surface area contributed by atoms with Crippen LogP contribution in [0, 0.1) is 5.92 Å². The first-order chi connectivity index (χ1) is 12.7. The van der Waals surface area contributed by atoms with E-state index in [2.05, 4.69) is 11.6 Å². The maximum atomic E-state index is 13.2. The number of rotatable bonds is 6. The third-order valence-electron chi connectivity index (χ3n) is 5.53. The molecule has 1 aromatic rings. The van der Waals surface area contributed by atoms with Crippen LogP contribution in [0.25, 0.3) is 0 Å². The van der Waals surface area contributed by atoms with Crippen LogP contribution in [0.15, 0.2) is 37.2 Å². The van der Waals surface area contributed by atoms with E-state index in [1.165, 1.54) is 6.42 Å². The highest BCUT2D eigenvalue weighted by Crippen LogP contribution is 2.29. The van der Waals surface area contributed by atoms with Crippen LogP contribution in [0.3, 0.4) is 0 Å². The van der Waals surface area contributed by atoms with E-state index in [9.17, 15) is 9.59 Å². The first-order valence-electron chi connectivity index (χ1n) is 9.79. The summed E-state index contributed by atoms with van der Waals surface area (Å²) in [5.41, 5.74) is 0.992. The molecule has 1 saturated carbocycles. The Hall–Kier alpha value is -2.17. The van der Waals surface area contributed by atoms with Crippen LogP contribution in [0.5, 0.6) is 0 Å². The van der Waals surface area contributed by atoms with E-state index in [4.69, 9.17) is 0 Å². The minimum Gasteiger partial charge on any atom is -0.333 e. The van der Waals surface area contributed by atoms with Gasteiger partial charge in [0.1, 0.15) is 6.04 Å². The van der Waals surface area contributed by atoms with Crippen molar-refractivity contribution in [1.82, 2.24) is 14.8 Å². The largest absolute Gasteiger partial charge is 0.333 e. The fourth-order valence-electron chi connectivity index (χ4n) is 4.18. The lowest BCUT2D eigenvalue weighted by molar-refractivity contribution is -0.146. The molecule has 1 aliphatic carbocycles. The first kappa shape index (κ1) is 18.6. The van der Waals surface area contributed by atoms with Crippen molar-refractivity contribution in [3.05, 3.63) is 42.7 Å². The van der Waals surface area contributed by atoms with Gasteiger partial charge in [-0.2, -0.15) is 0 Å². The summed E-state index contributed by atoms with van der Waals surface area (Å²) in [6.07, 6.45) is 12.4. The summed E-state index contributed by atoms with van der Waals surface area (Å²) in [6, 6.07) is 3.53. The van der Waals surface area contributed by atoms with E-state index < -0.39 is 0 Å². The number of hydrogen-bond acceptors (Lipinski definition) is 3. The molecule has 1 atom stereocenters. The molecule has 5 heteroatoms. The van der Waals surface area contributed by atoms with Gasteiger partial charge in [-0.3, -0.25) is 14.6 Å². The molecule has 5 nitrogen and oxygen atoms in total. The average Bonchev–Trinajstić information content (AvgIpc) is 3.18. The molecule has 0 spiro atoms. The number of carbonyl (C=O) groups is 2. The molecule has 2 fully saturated rings. The topological polar surface area (TPSA) is 53.5 Å². The van der Waals surface area contributed by atoms with Crippen molar-refractivity contribution < 1.29 is 9.59 Å². The van der Waals surface area contributed by atoms with Gasteiger partial charge in [0.05, 0.1) is 0 Å². The number of aromatic nitrogens is 1. The fourth-order valence-corrected chi connectivity index (χ4v) is 4.18. The molecule has 1 aliphatic heterocycles. The molecule has 1 saturated heterocycles. The first-order valence-corrected chi connectivity index (χ1v) is 9.79. The molecule has 0 unspecified atom stereocenters. The number of hydrogen-bond donors (Lipinski definition) is 0. The van der Waals surface area contributed by atoms with Crippen LogP contribution < -0.4 is 0 Å². The zero-order valence-electron chi connectivity index (χ0n) is 15.5. The van der Waals surface area contributed by atoms with Gasteiger partial charge in [-0.1, -0.05) is 31.4 Å². The molecule has 0 bridgehead atoms. The second kappa shape index (κ2) is 8.97. The van der Waals surface area contributed by atoms with E-state index in [1.54, 1.807) is 23.4 Å². The smallest absolute Gasteiger partial charge is 0.245 e. The van der Waals surface area contributed by atoms with Crippen LogP contribution >= 0.6 is 0 Å². The Morgan fingerprint density at radius 3 is 2.73 bits per heavy atom. The van der Waals surface area contributed by atoms with Crippen molar-refractivity contribution in [3.63, 3.8) is 0 Å². The SMILES string of the molecule is C=CCN(Cc1cccnc1)C(=O)[C@H]1CCCN1C(=O)C1CCCCC1. The van der Waals surface area contributed by atoms with Crippen LogP contribution in [0.4, 0.5) is 0 Å². The molecule has 0 aromatic carbocycles. The minimum atomic E-state index is -0.318. The summed E-state index contributed by atoms with van der Waals surface area (Å²) in [6.45, 7) is 5.48. The van der Waals surface area contributed by atoms with Gasteiger partial charge in [0.15, 0.2) is 0 Å². The number of likely N-dealkylation sites (tertiary alicyclic amines) is 1. The molecule has 140 valence electrons. The predicted octanol–water partition coefficient (Wildman–Crippen LogP) is 3.17. The Bertz CT molecular complexity index is 625. The monoisotopic (exact) mass is 355 g/mol. The zero-order chi connectivity index (χ0) is 18.4. The van der Waals surface area contributed by atoms with Crippen molar-refractivity contribution >= 4 is 11.8 Å². The Morgan fingerprint density at radius 1 is 1.23 bits per heavy atom. The molecular formula is C21H29N3O2. The summed E-state index contributed by atoms with van der Waals surface area (Å²) in [4.78, 5) is 34.0. The third-order valence-corrected chi connectivity index (χ3v) is 5.53. The van der Waals surface area contributed by atoms with Gasteiger partial charge in [-0.15, -0.1) is 6.58 Å². The van der Waals surface area contributed by atoms with E-state index >= 15 is 0 Å². The van der Waals surface area contributed by atoms with Crippen molar-refractivity contribution in [1.29, 1.82) is 0 Å². The molecule has 0 N–H and O–H groups in total. The van der Waals surface area contributed by atoms with E-state index in [-0.39, 0.29) is 23.8 Å². The molecule has 26 heavy (non-hydrogen) atoms. The number of pyridine rings is 1. The third kappa shape index (κ3) is 4.32. The van der Waals surface area contributed by atoms with Crippen LogP contribution in [-0.2, 0) is 16.1 Å². The Morgan fingerprint density at radius 2 is 2.04 bits per heavy atom. The van der Waals surface area contributed by atoms with Gasteiger partial charge in [0.25, 0.3) is 0 Å². The van der Waals surface area contributed by atoms with Crippen LogP contribution in [0.2, 0.25) is 0 Å². The molecule has 1 aromatic heterocycles. The highest BCUT2D eigenvalue weighted by atomic mass is 16.2. The molecule has 2 aliphatic rings. The van der Waals surface area contributed by atoms with E-state index in [0.717, 1.165) is 44.1 Å².